The van der Waals surface area contributed by atoms with Crippen molar-refractivity contribution in [1.82, 2.24) is 4.90 Å². The third-order valence-electron chi connectivity index (χ3n) is 2.39. The van der Waals surface area contributed by atoms with E-state index in [-0.39, 0.29) is 25.6 Å². The minimum absolute atomic E-state index is 0.0694. The fourth-order valence-corrected chi connectivity index (χ4v) is 3.16. The van der Waals surface area contributed by atoms with Crippen LogP contribution in [0.2, 0.25) is 0 Å². The summed E-state index contributed by atoms with van der Waals surface area (Å²) in [5.41, 5.74) is 0.580. The van der Waals surface area contributed by atoms with E-state index in [0.717, 1.165) is 0 Å². The van der Waals surface area contributed by atoms with E-state index in [9.17, 15) is 5.11 Å². The number of phenolic OH excluding ortho intramolecular Hbond substituents is 1. The van der Waals surface area contributed by atoms with Crippen molar-refractivity contribution in [3.8, 4) is 11.8 Å². The molecule has 1 rings (SSSR count). The molecule has 1 aromatic rings. The van der Waals surface area contributed by atoms with Crippen LogP contribution in [0.25, 0.3) is 0 Å². The largest absolute Gasteiger partial charge is 0.506 e. The first kappa shape index (κ1) is 20.8. The van der Waals surface area contributed by atoms with E-state index in [0.29, 0.717) is 32.3 Å². The Balaban J connectivity index is 0.000000384. The zero-order valence-corrected chi connectivity index (χ0v) is 15.7. The molecule has 0 unspecified atom stereocenters. The summed E-state index contributed by atoms with van der Waals surface area (Å²) in [5, 5.41) is 43.3. The normalized spacial score (nSPS) is 9.95. The van der Waals surface area contributed by atoms with Gasteiger partial charge in [-0.15, -0.1) is 0 Å². The molecule has 8 heteroatoms. The van der Waals surface area contributed by atoms with Gasteiger partial charge in [-0.3, -0.25) is 4.90 Å². The molecule has 0 spiro atoms. The molecule has 0 bridgehead atoms. The highest BCUT2D eigenvalue weighted by molar-refractivity contribution is 14.1. The standard InChI is InChI=1S/C7H3I2NO.C6H15NO3/c8-5-1-4(3-10)2-6(9)7(5)11;8-4-1-7(2-5-9)3-6-10/h1-2,11H;8-10H,1-6H2. The van der Waals surface area contributed by atoms with E-state index in [2.05, 4.69) is 0 Å². The monoisotopic (exact) mass is 520 g/mol. The van der Waals surface area contributed by atoms with Crippen LogP contribution < -0.4 is 0 Å². The molecule has 0 saturated heterocycles. The number of aromatic hydroxyl groups is 1. The molecule has 1 aromatic carbocycles. The van der Waals surface area contributed by atoms with Crippen LogP contribution in [-0.2, 0) is 0 Å². The topological polar surface area (TPSA) is 108 Å². The lowest BCUT2D eigenvalue weighted by Gasteiger charge is -2.17. The van der Waals surface area contributed by atoms with E-state index >= 15 is 0 Å². The number of nitriles is 1. The maximum Gasteiger partial charge on any atom is 0.142 e. The van der Waals surface area contributed by atoms with Crippen LogP contribution in [0.3, 0.4) is 0 Å². The Labute approximate surface area is 151 Å². The van der Waals surface area contributed by atoms with Gasteiger partial charge < -0.3 is 20.4 Å². The second kappa shape index (κ2) is 12.4. The van der Waals surface area contributed by atoms with Crippen LogP contribution in [0.15, 0.2) is 12.1 Å². The Kier molecular flexibility index (Phi) is 12.3. The van der Waals surface area contributed by atoms with Crippen molar-refractivity contribution in [2.24, 2.45) is 0 Å². The second-order valence-corrected chi connectivity index (χ2v) is 6.24. The summed E-state index contributed by atoms with van der Waals surface area (Å²) in [6.45, 7) is 1.75. The number of halogens is 2. The highest BCUT2D eigenvalue weighted by Gasteiger charge is 2.04. The molecule has 0 fully saturated rings. The molecule has 0 radical (unpaired) electrons. The molecule has 118 valence electrons. The van der Waals surface area contributed by atoms with Gasteiger partial charge in [-0.1, -0.05) is 0 Å². The summed E-state index contributed by atoms with van der Waals surface area (Å²) in [6.07, 6.45) is 0. The first-order valence-electron chi connectivity index (χ1n) is 6.13. The SMILES string of the molecule is N#Cc1cc(I)c(O)c(I)c1.OCCN(CCO)CCO. The molecule has 0 aliphatic rings. The third kappa shape index (κ3) is 8.74. The molecule has 0 heterocycles. The van der Waals surface area contributed by atoms with Crippen molar-refractivity contribution in [3.05, 3.63) is 24.8 Å². The van der Waals surface area contributed by atoms with E-state index in [1.165, 1.54) is 0 Å². The zero-order chi connectivity index (χ0) is 16.3. The van der Waals surface area contributed by atoms with Gasteiger partial charge in [0.15, 0.2) is 0 Å². The number of aliphatic hydroxyl groups excluding tert-OH is 3. The molecule has 0 aliphatic heterocycles. The molecule has 21 heavy (non-hydrogen) atoms. The lowest BCUT2D eigenvalue weighted by atomic mass is 10.2. The molecular formula is C13H18I2N2O4. The molecule has 0 saturated carbocycles. The van der Waals surface area contributed by atoms with Gasteiger partial charge in [0.1, 0.15) is 5.75 Å². The number of benzene rings is 1. The van der Waals surface area contributed by atoms with E-state index in [4.69, 9.17) is 20.6 Å². The van der Waals surface area contributed by atoms with Gasteiger partial charge in [0.2, 0.25) is 0 Å². The number of hydrogen-bond donors (Lipinski definition) is 4. The number of hydrogen-bond acceptors (Lipinski definition) is 6. The first-order valence-corrected chi connectivity index (χ1v) is 8.28. The van der Waals surface area contributed by atoms with Crippen molar-refractivity contribution in [2.45, 2.75) is 0 Å². The Hall–Kier alpha value is -0.190. The maximum atomic E-state index is 9.30. The predicted octanol–water partition coefficient (Wildman–Crippen LogP) is 0.738. The summed E-state index contributed by atoms with van der Waals surface area (Å²) < 4.78 is 1.43. The minimum Gasteiger partial charge on any atom is -0.506 e. The molecule has 0 atom stereocenters. The minimum atomic E-state index is 0.0694. The van der Waals surface area contributed by atoms with Gasteiger partial charge in [0.05, 0.1) is 38.6 Å². The Morgan fingerprint density at radius 2 is 1.33 bits per heavy atom. The van der Waals surface area contributed by atoms with Crippen molar-refractivity contribution in [1.29, 1.82) is 5.26 Å². The van der Waals surface area contributed by atoms with Crippen LogP contribution >= 0.6 is 45.2 Å². The van der Waals surface area contributed by atoms with Crippen LogP contribution in [0.5, 0.6) is 5.75 Å². The molecule has 4 N–H and O–H groups in total. The fourth-order valence-electron chi connectivity index (χ4n) is 1.39. The number of phenols is 1. The summed E-state index contributed by atoms with van der Waals surface area (Å²) >= 11 is 3.99. The van der Waals surface area contributed by atoms with Crippen molar-refractivity contribution < 1.29 is 20.4 Å². The molecule has 0 aliphatic carbocycles. The Morgan fingerprint density at radius 3 is 1.62 bits per heavy atom. The number of rotatable bonds is 6. The van der Waals surface area contributed by atoms with E-state index < -0.39 is 0 Å². The van der Waals surface area contributed by atoms with Gasteiger partial charge in [0.25, 0.3) is 0 Å². The first-order chi connectivity index (χ1) is 9.99. The van der Waals surface area contributed by atoms with Crippen LogP contribution in [0.1, 0.15) is 5.56 Å². The Bertz CT molecular complexity index is 429. The van der Waals surface area contributed by atoms with Gasteiger partial charge in [-0.25, -0.2) is 0 Å². The summed E-state index contributed by atoms with van der Waals surface area (Å²) in [7, 11) is 0. The average molecular weight is 520 g/mol. The lowest BCUT2D eigenvalue weighted by Crippen LogP contribution is -2.32. The summed E-state index contributed by atoms with van der Waals surface area (Å²) in [5.74, 6) is 0.255. The lowest BCUT2D eigenvalue weighted by molar-refractivity contribution is 0.136. The zero-order valence-electron chi connectivity index (χ0n) is 11.3. The van der Waals surface area contributed by atoms with Gasteiger partial charge in [0, 0.05) is 19.6 Å². The molecular weight excluding hydrogens is 502 g/mol. The predicted molar refractivity (Wildman–Crippen MR) is 96.0 cm³/mol. The number of aliphatic hydroxyl groups is 3. The van der Waals surface area contributed by atoms with Gasteiger partial charge >= 0.3 is 0 Å². The molecule has 6 nitrogen and oxygen atoms in total. The molecule has 0 aromatic heterocycles. The van der Waals surface area contributed by atoms with Crippen LogP contribution in [0.4, 0.5) is 0 Å². The quantitative estimate of drug-likeness (QED) is 0.413. The smallest absolute Gasteiger partial charge is 0.142 e. The highest BCUT2D eigenvalue weighted by atomic mass is 127. The summed E-state index contributed by atoms with van der Waals surface area (Å²) in [4.78, 5) is 1.79. The van der Waals surface area contributed by atoms with E-state index in [1.807, 2.05) is 51.3 Å². The van der Waals surface area contributed by atoms with Crippen molar-refractivity contribution in [3.63, 3.8) is 0 Å². The van der Waals surface area contributed by atoms with Gasteiger partial charge in [-0.2, -0.15) is 5.26 Å². The van der Waals surface area contributed by atoms with Crippen LogP contribution in [0, 0.1) is 18.5 Å². The average Bonchev–Trinajstić information content (AvgIpc) is 2.46. The van der Waals surface area contributed by atoms with E-state index in [1.54, 1.807) is 17.0 Å². The summed E-state index contributed by atoms with van der Waals surface area (Å²) in [6, 6.07) is 5.32. The van der Waals surface area contributed by atoms with Crippen molar-refractivity contribution in [2.75, 3.05) is 39.5 Å². The highest BCUT2D eigenvalue weighted by Crippen LogP contribution is 2.26. The Morgan fingerprint density at radius 1 is 0.952 bits per heavy atom. The third-order valence-corrected chi connectivity index (χ3v) is 4.04. The molecule has 0 amide bonds. The number of nitrogens with zero attached hydrogens (tertiary/aromatic N) is 2. The van der Waals surface area contributed by atoms with Gasteiger partial charge in [-0.05, 0) is 57.3 Å². The second-order valence-electron chi connectivity index (χ2n) is 3.91. The van der Waals surface area contributed by atoms with Crippen LogP contribution in [-0.4, -0.2) is 64.8 Å². The van der Waals surface area contributed by atoms with Crippen molar-refractivity contribution >= 4 is 45.2 Å². The maximum absolute atomic E-state index is 9.30. The fraction of sp³-hybridized carbons (Fsp3) is 0.462.